The minimum atomic E-state index is -3.73. The molecule has 0 spiro atoms. The van der Waals surface area contributed by atoms with Crippen LogP contribution in [0.1, 0.15) is 0 Å². The predicted molar refractivity (Wildman–Crippen MR) is 92.8 cm³/mol. The van der Waals surface area contributed by atoms with Gasteiger partial charge < -0.3 is 4.74 Å². The van der Waals surface area contributed by atoms with Gasteiger partial charge in [-0.2, -0.15) is 0 Å². The molecule has 118 valence electrons. The zero-order valence-electron chi connectivity index (χ0n) is 12.3. The van der Waals surface area contributed by atoms with E-state index < -0.39 is 10.0 Å². The van der Waals surface area contributed by atoms with Gasteiger partial charge in [0.2, 0.25) is 0 Å². The summed E-state index contributed by atoms with van der Waals surface area (Å²) in [5.74, 6) is 0.657. The van der Waals surface area contributed by atoms with Crippen molar-refractivity contribution in [2.45, 2.75) is 4.90 Å². The number of hydrogen-bond donors (Lipinski definition) is 1. The molecular formula is C17H14ClNO3S. The van der Waals surface area contributed by atoms with Gasteiger partial charge in [0.05, 0.1) is 12.0 Å². The number of rotatable bonds is 4. The summed E-state index contributed by atoms with van der Waals surface area (Å²) >= 11 is 6.14. The van der Waals surface area contributed by atoms with Crippen LogP contribution in [-0.2, 0) is 10.0 Å². The quantitative estimate of drug-likeness (QED) is 0.765. The monoisotopic (exact) mass is 347 g/mol. The lowest BCUT2D eigenvalue weighted by atomic mass is 10.1. The van der Waals surface area contributed by atoms with Crippen LogP contribution in [0.5, 0.6) is 5.75 Å². The summed E-state index contributed by atoms with van der Waals surface area (Å²) in [5.41, 5.74) is 0.463. The van der Waals surface area contributed by atoms with Gasteiger partial charge in [-0.05, 0) is 36.4 Å². The Morgan fingerprint density at radius 1 is 0.913 bits per heavy atom. The van der Waals surface area contributed by atoms with Gasteiger partial charge in [0.15, 0.2) is 0 Å². The van der Waals surface area contributed by atoms with Crippen molar-refractivity contribution in [2.75, 3.05) is 11.8 Å². The molecule has 1 N–H and O–H groups in total. The average Bonchev–Trinajstić information content (AvgIpc) is 2.55. The molecule has 3 rings (SSSR count). The minimum absolute atomic E-state index is 0.188. The molecule has 3 aromatic carbocycles. The van der Waals surface area contributed by atoms with Crippen LogP contribution in [0.25, 0.3) is 10.8 Å². The molecule has 0 aromatic heterocycles. The van der Waals surface area contributed by atoms with Crippen LogP contribution in [-0.4, -0.2) is 15.5 Å². The Hall–Kier alpha value is -2.24. The number of hydrogen-bond acceptors (Lipinski definition) is 3. The fourth-order valence-electron chi connectivity index (χ4n) is 2.34. The first-order valence-corrected chi connectivity index (χ1v) is 8.71. The molecule has 0 saturated heterocycles. The number of ether oxygens (including phenoxy) is 1. The molecule has 0 fully saturated rings. The first kappa shape index (κ1) is 15.6. The zero-order valence-corrected chi connectivity index (χ0v) is 13.9. The van der Waals surface area contributed by atoms with Gasteiger partial charge in [-0.15, -0.1) is 0 Å². The van der Waals surface area contributed by atoms with E-state index in [9.17, 15) is 8.42 Å². The van der Waals surface area contributed by atoms with Crippen molar-refractivity contribution in [3.63, 3.8) is 0 Å². The second-order valence-electron chi connectivity index (χ2n) is 4.93. The van der Waals surface area contributed by atoms with Crippen molar-refractivity contribution < 1.29 is 13.2 Å². The Labute approximate surface area is 139 Å². The van der Waals surface area contributed by atoms with Crippen molar-refractivity contribution in [2.24, 2.45) is 0 Å². The maximum absolute atomic E-state index is 12.7. The van der Waals surface area contributed by atoms with Crippen LogP contribution in [0.15, 0.2) is 65.6 Å². The van der Waals surface area contributed by atoms with Crippen LogP contribution in [0, 0.1) is 0 Å². The van der Waals surface area contributed by atoms with Crippen molar-refractivity contribution in [1.29, 1.82) is 0 Å². The Bertz CT molecular complexity index is 953. The highest BCUT2D eigenvalue weighted by Crippen LogP contribution is 2.30. The van der Waals surface area contributed by atoms with Crippen LogP contribution >= 0.6 is 11.6 Å². The lowest BCUT2D eigenvalue weighted by Crippen LogP contribution is -2.13. The van der Waals surface area contributed by atoms with Crippen molar-refractivity contribution in [3.05, 3.63) is 65.7 Å². The molecule has 0 atom stereocenters. The SMILES string of the molecule is COc1ccc(NS(=O)(=O)c2ccc(Cl)c3ccccc23)cc1. The first-order valence-electron chi connectivity index (χ1n) is 6.85. The van der Waals surface area contributed by atoms with Gasteiger partial charge in [0.25, 0.3) is 10.0 Å². The molecule has 0 radical (unpaired) electrons. The second kappa shape index (κ2) is 6.10. The summed E-state index contributed by atoms with van der Waals surface area (Å²) in [4.78, 5) is 0.188. The maximum atomic E-state index is 12.7. The van der Waals surface area contributed by atoms with Crippen LogP contribution < -0.4 is 9.46 Å². The summed E-state index contributed by atoms with van der Waals surface area (Å²) in [7, 11) is -2.17. The van der Waals surface area contributed by atoms with E-state index in [1.165, 1.54) is 6.07 Å². The fraction of sp³-hybridized carbons (Fsp3) is 0.0588. The summed E-state index contributed by atoms with van der Waals surface area (Å²) in [6.45, 7) is 0. The Morgan fingerprint density at radius 2 is 1.57 bits per heavy atom. The molecule has 0 heterocycles. The number of methoxy groups -OCH3 is 1. The van der Waals surface area contributed by atoms with Gasteiger partial charge in [0.1, 0.15) is 5.75 Å². The first-order chi connectivity index (χ1) is 11.0. The van der Waals surface area contributed by atoms with E-state index >= 15 is 0 Å². The van der Waals surface area contributed by atoms with E-state index in [0.717, 1.165) is 0 Å². The number of benzene rings is 3. The van der Waals surface area contributed by atoms with E-state index in [4.69, 9.17) is 16.3 Å². The number of halogens is 1. The molecule has 3 aromatic rings. The van der Waals surface area contributed by atoms with Crippen LogP contribution in [0.2, 0.25) is 5.02 Å². The predicted octanol–water partition coefficient (Wildman–Crippen LogP) is 4.30. The van der Waals surface area contributed by atoms with Crippen molar-refractivity contribution in [1.82, 2.24) is 0 Å². The van der Waals surface area contributed by atoms with E-state index in [1.807, 2.05) is 6.07 Å². The van der Waals surface area contributed by atoms with E-state index in [-0.39, 0.29) is 4.90 Å². The van der Waals surface area contributed by atoms with Crippen molar-refractivity contribution >= 4 is 38.1 Å². The Balaban J connectivity index is 2.04. The molecule has 0 aliphatic rings. The lowest BCUT2D eigenvalue weighted by Gasteiger charge is -2.11. The average molecular weight is 348 g/mol. The maximum Gasteiger partial charge on any atom is 0.262 e. The molecule has 0 aliphatic heterocycles. The zero-order chi connectivity index (χ0) is 16.4. The highest BCUT2D eigenvalue weighted by Gasteiger charge is 2.18. The Morgan fingerprint density at radius 3 is 2.22 bits per heavy atom. The largest absolute Gasteiger partial charge is 0.497 e. The molecule has 0 amide bonds. The molecule has 6 heteroatoms. The Kier molecular flexibility index (Phi) is 4.15. The van der Waals surface area contributed by atoms with E-state index in [0.29, 0.717) is 27.2 Å². The number of anilines is 1. The third kappa shape index (κ3) is 3.11. The molecule has 4 nitrogen and oxygen atoms in total. The summed E-state index contributed by atoms with van der Waals surface area (Å²) in [6.07, 6.45) is 0. The van der Waals surface area contributed by atoms with E-state index in [1.54, 1.807) is 55.6 Å². The summed E-state index contributed by atoms with van der Waals surface area (Å²) in [6, 6.07) is 16.9. The van der Waals surface area contributed by atoms with Gasteiger partial charge in [-0.25, -0.2) is 8.42 Å². The lowest BCUT2D eigenvalue weighted by molar-refractivity contribution is 0.415. The summed E-state index contributed by atoms with van der Waals surface area (Å²) < 4.78 is 33.0. The van der Waals surface area contributed by atoms with Gasteiger partial charge >= 0.3 is 0 Å². The minimum Gasteiger partial charge on any atom is -0.497 e. The summed E-state index contributed by atoms with van der Waals surface area (Å²) in [5, 5.41) is 1.80. The molecule has 0 unspecified atom stereocenters. The highest BCUT2D eigenvalue weighted by atomic mass is 35.5. The van der Waals surface area contributed by atoms with E-state index in [2.05, 4.69) is 4.72 Å². The third-order valence-electron chi connectivity index (χ3n) is 3.46. The van der Waals surface area contributed by atoms with Crippen LogP contribution in [0.4, 0.5) is 5.69 Å². The molecule has 23 heavy (non-hydrogen) atoms. The standard InChI is InChI=1S/C17H14ClNO3S/c1-22-13-8-6-12(7-9-13)19-23(20,21)17-11-10-16(18)14-4-2-3-5-15(14)17/h2-11,19H,1H3. The number of nitrogens with one attached hydrogen (secondary N) is 1. The third-order valence-corrected chi connectivity index (χ3v) is 5.23. The fourth-order valence-corrected chi connectivity index (χ4v) is 3.84. The molecular weight excluding hydrogens is 334 g/mol. The highest BCUT2D eigenvalue weighted by molar-refractivity contribution is 7.93. The van der Waals surface area contributed by atoms with Gasteiger partial charge in [-0.3, -0.25) is 4.72 Å². The molecule has 0 saturated carbocycles. The number of sulfonamides is 1. The topological polar surface area (TPSA) is 55.4 Å². The van der Waals surface area contributed by atoms with Gasteiger partial charge in [0, 0.05) is 21.5 Å². The second-order valence-corrected chi connectivity index (χ2v) is 6.98. The smallest absolute Gasteiger partial charge is 0.262 e. The molecule has 0 bridgehead atoms. The van der Waals surface area contributed by atoms with Gasteiger partial charge in [-0.1, -0.05) is 35.9 Å². The number of fused-ring (bicyclic) bond motifs is 1. The van der Waals surface area contributed by atoms with Crippen molar-refractivity contribution in [3.8, 4) is 5.75 Å². The molecule has 0 aliphatic carbocycles. The van der Waals surface area contributed by atoms with Crippen LogP contribution in [0.3, 0.4) is 0 Å². The normalized spacial score (nSPS) is 11.4.